The number of allylic oxidation sites excluding steroid dienone is 4. The predicted molar refractivity (Wildman–Crippen MR) is 60.9 cm³/mol. The van der Waals surface area contributed by atoms with Crippen molar-refractivity contribution in [2.24, 2.45) is 5.73 Å². The van der Waals surface area contributed by atoms with Crippen LogP contribution in [-0.4, -0.2) is 18.4 Å². The van der Waals surface area contributed by atoms with Crippen molar-refractivity contribution in [3.8, 4) is 0 Å². The Kier molecular flexibility index (Phi) is 7.54. The van der Waals surface area contributed by atoms with E-state index in [4.69, 9.17) is 10.5 Å². The van der Waals surface area contributed by atoms with Crippen LogP contribution in [0, 0.1) is 0 Å². The maximum Gasteiger partial charge on any atom is 0.103 e. The molecule has 0 fully saturated rings. The Morgan fingerprint density at radius 1 is 1.69 bits per heavy atom. The van der Waals surface area contributed by atoms with Crippen molar-refractivity contribution < 1.29 is 4.74 Å². The third kappa shape index (κ3) is 7.68. The number of thiol groups is 1. The zero-order valence-electron chi connectivity index (χ0n) is 7.94. The molecule has 1 atom stereocenters. The van der Waals surface area contributed by atoms with Gasteiger partial charge in [-0.05, 0) is 13.0 Å². The van der Waals surface area contributed by atoms with E-state index < -0.39 is 0 Å². The molecule has 3 heteroatoms. The molecular weight excluding hydrogens is 182 g/mol. The standard InChI is InChI=1S/C10H17NOS/c1-3-9(2)5-4-6-12-7-10(11)8-13/h3-6,10,13H,1,7-8,11H2,2H3/b6-4+,9-5-. The molecule has 0 bridgehead atoms. The fraction of sp³-hybridized carbons (Fsp3) is 0.400. The predicted octanol–water partition coefficient (Wildman–Crippen LogP) is 1.91. The van der Waals surface area contributed by atoms with Gasteiger partial charge in [0.1, 0.15) is 6.61 Å². The lowest BCUT2D eigenvalue weighted by molar-refractivity contribution is 0.234. The first kappa shape index (κ1) is 12.3. The molecule has 0 aromatic heterocycles. The molecule has 0 spiro atoms. The number of nitrogens with two attached hydrogens (primary N) is 1. The van der Waals surface area contributed by atoms with Gasteiger partial charge in [-0.3, -0.25) is 0 Å². The van der Waals surface area contributed by atoms with Gasteiger partial charge in [-0.15, -0.1) is 0 Å². The molecule has 13 heavy (non-hydrogen) atoms. The van der Waals surface area contributed by atoms with Crippen LogP contribution in [0.3, 0.4) is 0 Å². The van der Waals surface area contributed by atoms with Crippen molar-refractivity contribution in [3.05, 3.63) is 36.6 Å². The summed E-state index contributed by atoms with van der Waals surface area (Å²) in [7, 11) is 0. The first-order valence-corrected chi connectivity index (χ1v) is 4.78. The molecule has 0 aromatic rings. The Bertz CT molecular complexity index is 199. The largest absolute Gasteiger partial charge is 0.500 e. The Hall–Kier alpha value is -0.670. The summed E-state index contributed by atoms with van der Waals surface area (Å²) >= 11 is 4.03. The Morgan fingerprint density at radius 2 is 2.38 bits per heavy atom. The third-order valence-electron chi connectivity index (χ3n) is 1.40. The van der Waals surface area contributed by atoms with Gasteiger partial charge in [0.2, 0.25) is 0 Å². The normalized spacial score (nSPS) is 14.5. The SMILES string of the molecule is C=C/C(C)=C\C=C\OCC(N)CS. The van der Waals surface area contributed by atoms with E-state index in [9.17, 15) is 0 Å². The molecule has 0 aromatic carbocycles. The molecule has 0 saturated carbocycles. The van der Waals surface area contributed by atoms with E-state index in [1.54, 1.807) is 12.3 Å². The highest BCUT2D eigenvalue weighted by Gasteiger charge is 1.95. The van der Waals surface area contributed by atoms with Crippen LogP contribution in [0.15, 0.2) is 36.6 Å². The van der Waals surface area contributed by atoms with Crippen molar-refractivity contribution in [3.63, 3.8) is 0 Å². The molecule has 0 saturated heterocycles. The second-order valence-corrected chi connectivity index (χ2v) is 3.08. The van der Waals surface area contributed by atoms with Crippen LogP contribution in [0.1, 0.15) is 6.92 Å². The van der Waals surface area contributed by atoms with Gasteiger partial charge in [-0.25, -0.2) is 0 Å². The van der Waals surface area contributed by atoms with Crippen LogP contribution in [0.4, 0.5) is 0 Å². The first-order valence-electron chi connectivity index (χ1n) is 4.14. The minimum atomic E-state index is -0.00235. The summed E-state index contributed by atoms with van der Waals surface area (Å²) in [6, 6.07) is -0.00235. The van der Waals surface area contributed by atoms with Gasteiger partial charge in [-0.1, -0.05) is 24.3 Å². The van der Waals surface area contributed by atoms with Gasteiger partial charge >= 0.3 is 0 Å². The van der Waals surface area contributed by atoms with E-state index in [0.717, 1.165) is 5.57 Å². The molecule has 0 heterocycles. The number of ether oxygens (including phenoxy) is 1. The van der Waals surface area contributed by atoms with Crippen LogP contribution < -0.4 is 5.73 Å². The maximum atomic E-state index is 5.57. The summed E-state index contributed by atoms with van der Waals surface area (Å²) in [5.41, 5.74) is 6.67. The van der Waals surface area contributed by atoms with Gasteiger partial charge in [0.05, 0.1) is 6.26 Å². The smallest absolute Gasteiger partial charge is 0.103 e. The fourth-order valence-electron chi connectivity index (χ4n) is 0.547. The molecule has 0 radical (unpaired) electrons. The molecular formula is C10H17NOS. The van der Waals surface area contributed by atoms with Gasteiger partial charge in [0, 0.05) is 11.8 Å². The lowest BCUT2D eigenvalue weighted by Gasteiger charge is -2.05. The zero-order valence-corrected chi connectivity index (χ0v) is 8.84. The van der Waals surface area contributed by atoms with Gasteiger partial charge in [0.15, 0.2) is 0 Å². The summed E-state index contributed by atoms with van der Waals surface area (Å²) in [6.45, 7) is 6.10. The number of hydrogen-bond acceptors (Lipinski definition) is 3. The summed E-state index contributed by atoms with van der Waals surface area (Å²) in [6.07, 6.45) is 7.14. The van der Waals surface area contributed by atoms with Crippen molar-refractivity contribution in [2.75, 3.05) is 12.4 Å². The van der Waals surface area contributed by atoms with E-state index in [-0.39, 0.29) is 6.04 Å². The minimum Gasteiger partial charge on any atom is -0.500 e. The average molecular weight is 199 g/mol. The second kappa shape index (κ2) is 7.95. The quantitative estimate of drug-likeness (QED) is 0.389. The lowest BCUT2D eigenvalue weighted by atomic mass is 10.3. The number of rotatable bonds is 6. The van der Waals surface area contributed by atoms with Crippen LogP contribution >= 0.6 is 12.6 Å². The first-order chi connectivity index (χ1) is 6.20. The molecule has 0 rings (SSSR count). The monoisotopic (exact) mass is 199 g/mol. The van der Waals surface area contributed by atoms with E-state index >= 15 is 0 Å². The molecule has 0 aliphatic carbocycles. The second-order valence-electron chi connectivity index (χ2n) is 2.72. The van der Waals surface area contributed by atoms with Crippen molar-refractivity contribution in [1.29, 1.82) is 0 Å². The van der Waals surface area contributed by atoms with E-state index in [1.165, 1.54) is 0 Å². The van der Waals surface area contributed by atoms with Gasteiger partial charge in [0.25, 0.3) is 0 Å². The molecule has 74 valence electrons. The van der Waals surface area contributed by atoms with Crippen LogP contribution in [-0.2, 0) is 4.74 Å². The molecule has 0 aliphatic rings. The highest BCUT2D eigenvalue weighted by atomic mass is 32.1. The maximum absolute atomic E-state index is 5.57. The van der Waals surface area contributed by atoms with Crippen LogP contribution in [0.2, 0.25) is 0 Å². The van der Waals surface area contributed by atoms with Crippen molar-refractivity contribution in [1.82, 2.24) is 0 Å². The van der Waals surface area contributed by atoms with E-state index in [1.807, 2.05) is 19.1 Å². The molecule has 2 nitrogen and oxygen atoms in total. The fourth-order valence-corrected chi connectivity index (χ4v) is 0.652. The topological polar surface area (TPSA) is 35.2 Å². The Morgan fingerprint density at radius 3 is 2.92 bits per heavy atom. The van der Waals surface area contributed by atoms with E-state index in [2.05, 4.69) is 19.2 Å². The molecule has 2 N–H and O–H groups in total. The highest BCUT2D eigenvalue weighted by molar-refractivity contribution is 7.80. The highest BCUT2D eigenvalue weighted by Crippen LogP contribution is 1.93. The third-order valence-corrected chi connectivity index (χ3v) is 1.87. The summed E-state index contributed by atoms with van der Waals surface area (Å²) in [5, 5.41) is 0. The van der Waals surface area contributed by atoms with Gasteiger partial charge < -0.3 is 10.5 Å². The molecule has 1 unspecified atom stereocenters. The summed E-state index contributed by atoms with van der Waals surface area (Å²) in [5.74, 6) is 0.634. The van der Waals surface area contributed by atoms with Crippen molar-refractivity contribution in [2.45, 2.75) is 13.0 Å². The zero-order chi connectivity index (χ0) is 10.1. The number of hydrogen-bond donors (Lipinski definition) is 2. The minimum absolute atomic E-state index is 0.00235. The Balaban J connectivity index is 3.58. The molecule has 0 amide bonds. The molecule has 0 aliphatic heterocycles. The van der Waals surface area contributed by atoms with Crippen LogP contribution in [0.5, 0.6) is 0 Å². The van der Waals surface area contributed by atoms with Crippen molar-refractivity contribution >= 4 is 12.6 Å². The van der Waals surface area contributed by atoms with E-state index in [0.29, 0.717) is 12.4 Å². The average Bonchev–Trinajstić information content (AvgIpc) is 2.16. The summed E-state index contributed by atoms with van der Waals surface area (Å²) in [4.78, 5) is 0. The van der Waals surface area contributed by atoms with Gasteiger partial charge in [-0.2, -0.15) is 12.6 Å². The summed E-state index contributed by atoms with van der Waals surface area (Å²) < 4.78 is 5.15. The lowest BCUT2D eigenvalue weighted by Crippen LogP contribution is -2.26. The van der Waals surface area contributed by atoms with Crippen LogP contribution in [0.25, 0.3) is 0 Å². The Labute approximate surface area is 85.6 Å².